The van der Waals surface area contributed by atoms with E-state index in [9.17, 15) is 23.6 Å². The van der Waals surface area contributed by atoms with Gasteiger partial charge < -0.3 is 5.11 Å². The molecule has 0 fully saturated rings. The quantitative estimate of drug-likeness (QED) is 0.509. The van der Waals surface area contributed by atoms with Crippen molar-refractivity contribution in [2.45, 2.75) is 4.90 Å². The normalized spacial score (nSPS) is 11.1. The molecule has 0 bridgehead atoms. The van der Waals surface area contributed by atoms with Crippen LogP contribution in [0.5, 0.6) is 5.75 Å². The zero-order valence-corrected chi connectivity index (χ0v) is 11.9. The Balaban J connectivity index is 2.41. The predicted octanol–water partition coefficient (Wildman–Crippen LogP) is 2.75. The molecular weight excluding hydrogens is 320 g/mol. The van der Waals surface area contributed by atoms with Gasteiger partial charge in [-0.05, 0) is 24.3 Å². The number of halogens is 1. The summed E-state index contributed by atoms with van der Waals surface area (Å²) >= 11 is 5.72. The van der Waals surface area contributed by atoms with Gasteiger partial charge >= 0.3 is 0 Å². The number of nitrogens with zero attached hydrogens (tertiary/aromatic N) is 1. The molecule has 0 aliphatic heterocycles. The number of phenolic OH excluding ortho intramolecular Hbond substituents is 1. The summed E-state index contributed by atoms with van der Waals surface area (Å²) in [5, 5.41) is 20.5. The molecule has 7 nitrogen and oxygen atoms in total. The Hall–Kier alpha value is -2.32. The number of sulfonamides is 1. The average Bonchev–Trinajstić information content (AvgIpc) is 2.43. The first-order valence-corrected chi connectivity index (χ1v) is 7.41. The minimum Gasteiger partial charge on any atom is -0.506 e. The van der Waals surface area contributed by atoms with Gasteiger partial charge in [-0.1, -0.05) is 17.7 Å². The third kappa shape index (κ3) is 3.41. The first-order chi connectivity index (χ1) is 9.79. The molecule has 0 aliphatic rings. The molecule has 0 amide bonds. The summed E-state index contributed by atoms with van der Waals surface area (Å²) in [7, 11) is -4.08. The topological polar surface area (TPSA) is 110 Å². The Morgan fingerprint density at radius 2 is 1.90 bits per heavy atom. The summed E-state index contributed by atoms with van der Waals surface area (Å²) in [4.78, 5) is 9.68. The van der Waals surface area contributed by atoms with Crippen LogP contribution < -0.4 is 4.72 Å². The number of aromatic hydroxyl groups is 1. The molecule has 0 unspecified atom stereocenters. The van der Waals surface area contributed by atoms with Gasteiger partial charge in [-0.25, -0.2) is 8.42 Å². The first-order valence-electron chi connectivity index (χ1n) is 5.55. The molecule has 0 heterocycles. The number of non-ortho nitro benzene ring substituents is 1. The fraction of sp³-hybridized carbons (Fsp3) is 0. The Morgan fingerprint density at radius 1 is 1.19 bits per heavy atom. The van der Waals surface area contributed by atoms with Crippen LogP contribution in [0.1, 0.15) is 0 Å². The van der Waals surface area contributed by atoms with Crippen LogP contribution in [0.4, 0.5) is 11.4 Å². The lowest BCUT2D eigenvalue weighted by molar-refractivity contribution is -0.385. The van der Waals surface area contributed by atoms with Gasteiger partial charge in [0.25, 0.3) is 15.7 Å². The minimum absolute atomic E-state index is 0.117. The van der Waals surface area contributed by atoms with Crippen molar-refractivity contribution >= 4 is 33.0 Å². The van der Waals surface area contributed by atoms with Crippen molar-refractivity contribution in [1.29, 1.82) is 0 Å². The molecule has 110 valence electrons. The van der Waals surface area contributed by atoms with E-state index in [2.05, 4.69) is 4.72 Å². The lowest BCUT2D eigenvalue weighted by Gasteiger charge is -2.09. The van der Waals surface area contributed by atoms with E-state index in [0.717, 1.165) is 6.07 Å². The maximum atomic E-state index is 12.2. The molecule has 2 aromatic carbocycles. The molecule has 0 aliphatic carbocycles. The monoisotopic (exact) mass is 328 g/mol. The Bertz CT molecular complexity index is 807. The van der Waals surface area contributed by atoms with Crippen LogP contribution in [0.2, 0.25) is 5.02 Å². The lowest BCUT2D eigenvalue weighted by atomic mass is 10.3. The number of hydrogen-bond donors (Lipinski definition) is 2. The first kappa shape index (κ1) is 15.1. The molecule has 0 saturated heterocycles. The Labute approximate surface area is 125 Å². The number of anilines is 1. The Kier molecular flexibility index (Phi) is 4.01. The van der Waals surface area contributed by atoms with E-state index < -0.39 is 14.9 Å². The van der Waals surface area contributed by atoms with E-state index in [-0.39, 0.29) is 27.0 Å². The highest BCUT2D eigenvalue weighted by Gasteiger charge is 2.19. The summed E-state index contributed by atoms with van der Waals surface area (Å²) in [6.07, 6.45) is 0. The van der Waals surface area contributed by atoms with Crippen LogP contribution in [-0.4, -0.2) is 18.4 Å². The molecule has 0 radical (unpaired) electrons. The highest BCUT2D eigenvalue weighted by molar-refractivity contribution is 7.92. The standard InChI is InChI=1S/C12H9ClN2O5S/c13-8-4-5-12(16)11(6-8)14-21(19,20)10-3-1-2-9(7-10)15(17)18/h1-7,14,16H. The van der Waals surface area contributed by atoms with Crippen molar-refractivity contribution in [3.63, 3.8) is 0 Å². The van der Waals surface area contributed by atoms with Gasteiger partial charge in [0.2, 0.25) is 0 Å². The molecule has 21 heavy (non-hydrogen) atoms. The number of nitro benzene ring substituents is 1. The number of nitro groups is 1. The summed E-state index contributed by atoms with van der Waals surface area (Å²) in [5.41, 5.74) is -0.470. The zero-order valence-electron chi connectivity index (χ0n) is 10.4. The maximum absolute atomic E-state index is 12.2. The summed E-state index contributed by atoms with van der Waals surface area (Å²) in [5.74, 6) is -0.312. The molecular formula is C12H9ClN2O5S. The van der Waals surface area contributed by atoms with E-state index in [1.807, 2.05) is 0 Å². The smallest absolute Gasteiger partial charge is 0.270 e. The van der Waals surface area contributed by atoms with Crippen LogP contribution in [0.15, 0.2) is 47.4 Å². The number of rotatable bonds is 4. The minimum atomic E-state index is -4.08. The molecule has 0 spiro atoms. The van der Waals surface area contributed by atoms with Crippen molar-refractivity contribution in [3.8, 4) is 5.75 Å². The van der Waals surface area contributed by atoms with Gasteiger partial charge in [0.1, 0.15) is 5.75 Å². The number of benzene rings is 2. The molecule has 2 rings (SSSR count). The second kappa shape index (κ2) is 5.58. The highest BCUT2D eigenvalue weighted by atomic mass is 35.5. The molecule has 0 atom stereocenters. The van der Waals surface area contributed by atoms with Gasteiger partial charge in [-0.3, -0.25) is 14.8 Å². The molecule has 9 heteroatoms. The van der Waals surface area contributed by atoms with Crippen LogP contribution in [0, 0.1) is 10.1 Å². The summed E-state index contributed by atoms with van der Waals surface area (Å²) < 4.78 is 26.4. The largest absolute Gasteiger partial charge is 0.506 e. The van der Waals surface area contributed by atoms with E-state index >= 15 is 0 Å². The van der Waals surface area contributed by atoms with Gasteiger partial charge in [0, 0.05) is 17.2 Å². The van der Waals surface area contributed by atoms with E-state index in [1.165, 1.54) is 36.4 Å². The predicted molar refractivity (Wildman–Crippen MR) is 77.0 cm³/mol. The van der Waals surface area contributed by atoms with Crippen LogP contribution in [0.3, 0.4) is 0 Å². The van der Waals surface area contributed by atoms with Crippen LogP contribution in [-0.2, 0) is 10.0 Å². The van der Waals surface area contributed by atoms with E-state index in [1.54, 1.807) is 0 Å². The van der Waals surface area contributed by atoms with E-state index in [4.69, 9.17) is 11.6 Å². The maximum Gasteiger partial charge on any atom is 0.270 e. The van der Waals surface area contributed by atoms with Gasteiger partial charge in [-0.15, -0.1) is 0 Å². The Morgan fingerprint density at radius 3 is 2.57 bits per heavy atom. The van der Waals surface area contributed by atoms with Crippen molar-refractivity contribution in [2.75, 3.05) is 4.72 Å². The summed E-state index contributed by atoms with van der Waals surface area (Å²) in [6.45, 7) is 0. The number of phenols is 1. The second-order valence-corrected chi connectivity index (χ2v) is 6.14. The van der Waals surface area contributed by atoms with Gasteiger partial charge in [0.05, 0.1) is 15.5 Å². The fourth-order valence-electron chi connectivity index (χ4n) is 1.56. The number of nitrogens with one attached hydrogen (secondary N) is 1. The molecule has 0 saturated carbocycles. The fourth-order valence-corrected chi connectivity index (χ4v) is 2.83. The van der Waals surface area contributed by atoms with Crippen molar-refractivity contribution < 1.29 is 18.4 Å². The van der Waals surface area contributed by atoms with Gasteiger partial charge in [-0.2, -0.15) is 0 Å². The third-order valence-electron chi connectivity index (χ3n) is 2.54. The highest BCUT2D eigenvalue weighted by Crippen LogP contribution is 2.29. The van der Waals surface area contributed by atoms with E-state index in [0.29, 0.717) is 0 Å². The zero-order chi connectivity index (χ0) is 15.6. The molecule has 2 aromatic rings. The number of hydrogen-bond acceptors (Lipinski definition) is 5. The third-order valence-corrected chi connectivity index (χ3v) is 4.14. The average molecular weight is 329 g/mol. The van der Waals surface area contributed by atoms with Crippen molar-refractivity contribution in [2.24, 2.45) is 0 Å². The van der Waals surface area contributed by atoms with Crippen LogP contribution in [0.25, 0.3) is 0 Å². The van der Waals surface area contributed by atoms with Crippen molar-refractivity contribution in [3.05, 3.63) is 57.6 Å². The lowest BCUT2D eigenvalue weighted by Crippen LogP contribution is -2.13. The van der Waals surface area contributed by atoms with Gasteiger partial charge in [0.15, 0.2) is 0 Å². The summed E-state index contributed by atoms with van der Waals surface area (Å²) in [6, 6.07) is 8.41. The molecule has 2 N–H and O–H groups in total. The SMILES string of the molecule is O=[N+]([O-])c1cccc(S(=O)(=O)Nc2cc(Cl)ccc2O)c1. The van der Waals surface area contributed by atoms with Crippen molar-refractivity contribution in [1.82, 2.24) is 0 Å². The second-order valence-electron chi connectivity index (χ2n) is 4.02. The molecule has 0 aromatic heterocycles. The van der Waals surface area contributed by atoms with Crippen LogP contribution >= 0.6 is 11.6 Å².